The van der Waals surface area contributed by atoms with Gasteiger partial charge in [-0.25, -0.2) is 0 Å². The van der Waals surface area contributed by atoms with Crippen molar-refractivity contribution in [1.82, 2.24) is 13.6 Å². The van der Waals surface area contributed by atoms with Crippen LogP contribution in [0.3, 0.4) is 0 Å². The van der Waals surface area contributed by atoms with Crippen molar-refractivity contribution >= 4 is 10.2 Å². The molecule has 1 heterocycles. The van der Waals surface area contributed by atoms with Crippen LogP contribution in [-0.4, -0.2) is 42.1 Å². The first kappa shape index (κ1) is 19.6. The van der Waals surface area contributed by atoms with Crippen LogP contribution in [0.5, 0.6) is 0 Å². The number of nitrogens with zero attached hydrogens (tertiary/aromatic N) is 3. The lowest BCUT2D eigenvalue weighted by Gasteiger charge is -2.32. The molecule has 0 aliphatic rings. The van der Waals surface area contributed by atoms with Crippen molar-refractivity contribution in [3.05, 3.63) is 66.0 Å². The van der Waals surface area contributed by atoms with Gasteiger partial charge >= 0.3 is 0 Å². The molecule has 1 aromatic carbocycles. The average molecular weight is 362 g/mol. The van der Waals surface area contributed by atoms with Gasteiger partial charge in [-0.05, 0) is 30.5 Å². The van der Waals surface area contributed by atoms with Crippen LogP contribution < -0.4 is 0 Å². The predicted octanol–water partition coefficient (Wildman–Crippen LogP) is 3.47. The van der Waals surface area contributed by atoms with Crippen LogP contribution in [0.25, 0.3) is 0 Å². The first-order chi connectivity index (χ1) is 12.0. The summed E-state index contributed by atoms with van der Waals surface area (Å²) in [5, 5.41) is 0. The molecular weight excluding hydrogens is 334 g/mol. The smallest absolute Gasteiger partial charge is 0.259 e. The van der Waals surface area contributed by atoms with Gasteiger partial charge in [0, 0.05) is 26.3 Å². The zero-order valence-electron chi connectivity index (χ0n) is 15.2. The second-order valence-electron chi connectivity index (χ2n) is 5.99. The molecular formula is C19H27N3O2S. The van der Waals surface area contributed by atoms with Crippen LogP contribution in [0.1, 0.15) is 44.0 Å². The zero-order valence-corrected chi connectivity index (χ0v) is 16.0. The number of benzene rings is 1. The van der Waals surface area contributed by atoms with Gasteiger partial charge in [-0.15, -0.1) is 0 Å². The fourth-order valence-corrected chi connectivity index (χ4v) is 4.58. The van der Waals surface area contributed by atoms with Crippen LogP contribution in [0.15, 0.2) is 54.7 Å². The summed E-state index contributed by atoms with van der Waals surface area (Å²) in [5.41, 5.74) is 1.62. The molecule has 2 aromatic rings. The minimum atomic E-state index is -3.59. The van der Waals surface area contributed by atoms with Gasteiger partial charge in [0.25, 0.3) is 10.2 Å². The second-order valence-corrected chi connectivity index (χ2v) is 7.98. The summed E-state index contributed by atoms with van der Waals surface area (Å²) in [6, 6.07) is 14.8. The summed E-state index contributed by atoms with van der Waals surface area (Å²) >= 11 is 0. The van der Waals surface area contributed by atoms with Gasteiger partial charge in [0.05, 0.1) is 11.7 Å². The highest BCUT2D eigenvalue weighted by molar-refractivity contribution is 7.86. The van der Waals surface area contributed by atoms with Crippen LogP contribution in [-0.2, 0) is 10.2 Å². The molecule has 0 N–H and O–H groups in total. The summed E-state index contributed by atoms with van der Waals surface area (Å²) in [5.74, 6) is 0. The van der Waals surface area contributed by atoms with Crippen molar-refractivity contribution in [1.29, 1.82) is 0 Å². The standard InChI is InChI=1S/C19H27N3O2S/c1-4-15-22(16-5-2)25(23,24)21(3)19(17-11-7-6-8-12-17)18-13-9-10-14-20-18/h6-14,19H,4-5,15-16H2,1-3H3. The third kappa shape index (κ3) is 4.66. The molecule has 5 nitrogen and oxygen atoms in total. The highest BCUT2D eigenvalue weighted by Gasteiger charge is 2.33. The fourth-order valence-electron chi connectivity index (χ4n) is 2.90. The number of hydrogen-bond donors (Lipinski definition) is 0. The molecule has 1 aromatic heterocycles. The lowest BCUT2D eigenvalue weighted by molar-refractivity contribution is 0.334. The Labute approximate surface area is 151 Å². The number of rotatable bonds is 9. The van der Waals surface area contributed by atoms with E-state index in [1.165, 1.54) is 4.31 Å². The highest BCUT2D eigenvalue weighted by atomic mass is 32.2. The Morgan fingerprint density at radius 2 is 1.56 bits per heavy atom. The van der Waals surface area contributed by atoms with E-state index in [9.17, 15) is 8.42 Å². The molecule has 1 unspecified atom stereocenters. The van der Waals surface area contributed by atoms with Crippen LogP contribution in [0.2, 0.25) is 0 Å². The van der Waals surface area contributed by atoms with Gasteiger partial charge in [0.2, 0.25) is 0 Å². The maximum atomic E-state index is 13.2. The lowest BCUT2D eigenvalue weighted by Crippen LogP contribution is -2.44. The third-order valence-corrected chi connectivity index (χ3v) is 6.04. The Hall–Kier alpha value is -1.76. The minimum absolute atomic E-state index is 0.455. The zero-order chi connectivity index (χ0) is 18.3. The van der Waals surface area contributed by atoms with Crippen molar-refractivity contribution in [2.24, 2.45) is 0 Å². The van der Waals surface area contributed by atoms with E-state index in [-0.39, 0.29) is 0 Å². The maximum absolute atomic E-state index is 13.2. The number of hydrogen-bond acceptors (Lipinski definition) is 3. The fraction of sp³-hybridized carbons (Fsp3) is 0.421. The van der Waals surface area contributed by atoms with Gasteiger partial charge in [-0.3, -0.25) is 4.98 Å². The van der Waals surface area contributed by atoms with Crippen molar-refractivity contribution in [3.63, 3.8) is 0 Å². The van der Waals surface area contributed by atoms with Gasteiger partial charge in [-0.1, -0.05) is 50.2 Å². The molecule has 0 saturated heterocycles. The molecule has 6 heteroatoms. The van der Waals surface area contributed by atoms with E-state index >= 15 is 0 Å². The van der Waals surface area contributed by atoms with E-state index in [2.05, 4.69) is 4.98 Å². The summed E-state index contributed by atoms with van der Waals surface area (Å²) < 4.78 is 29.4. The monoisotopic (exact) mass is 361 g/mol. The van der Waals surface area contributed by atoms with Crippen LogP contribution >= 0.6 is 0 Å². The van der Waals surface area contributed by atoms with E-state index in [0.29, 0.717) is 18.8 Å². The summed E-state index contributed by atoms with van der Waals surface area (Å²) in [4.78, 5) is 4.42. The molecule has 0 radical (unpaired) electrons. The molecule has 0 saturated carbocycles. The third-order valence-electron chi connectivity index (χ3n) is 4.08. The Bertz CT molecular complexity index is 690. The van der Waals surface area contributed by atoms with E-state index in [1.807, 2.05) is 62.4 Å². The Balaban J connectivity index is 2.46. The lowest BCUT2D eigenvalue weighted by atomic mass is 10.0. The van der Waals surface area contributed by atoms with Crippen molar-refractivity contribution in [2.45, 2.75) is 32.7 Å². The molecule has 25 heavy (non-hydrogen) atoms. The molecule has 0 fully saturated rings. The van der Waals surface area contributed by atoms with Gasteiger partial charge in [-0.2, -0.15) is 17.0 Å². The van der Waals surface area contributed by atoms with E-state index < -0.39 is 16.3 Å². The SMILES string of the molecule is CCCN(CCC)S(=O)(=O)N(C)C(c1ccccc1)c1ccccn1. The van der Waals surface area contributed by atoms with Gasteiger partial charge in [0.1, 0.15) is 0 Å². The largest absolute Gasteiger partial charge is 0.282 e. The van der Waals surface area contributed by atoms with Crippen molar-refractivity contribution in [3.8, 4) is 0 Å². The average Bonchev–Trinajstić information content (AvgIpc) is 2.63. The molecule has 136 valence electrons. The van der Waals surface area contributed by atoms with E-state index in [1.54, 1.807) is 17.5 Å². The van der Waals surface area contributed by atoms with Gasteiger partial charge in [0.15, 0.2) is 0 Å². The predicted molar refractivity (Wildman–Crippen MR) is 101 cm³/mol. The van der Waals surface area contributed by atoms with Crippen molar-refractivity contribution in [2.75, 3.05) is 20.1 Å². The minimum Gasteiger partial charge on any atom is -0.259 e. The Morgan fingerprint density at radius 3 is 2.08 bits per heavy atom. The maximum Gasteiger partial charge on any atom is 0.282 e. The molecule has 0 aliphatic carbocycles. The summed E-state index contributed by atoms with van der Waals surface area (Å²) in [6.07, 6.45) is 3.26. The molecule has 2 rings (SSSR count). The number of pyridine rings is 1. The van der Waals surface area contributed by atoms with E-state index in [0.717, 1.165) is 18.4 Å². The van der Waals surface area contributed by atoms with Crippen molar-refractivity contribution < 1.29 is 8.42 Å². The highest BCUT2D eigenvalue weighted by Crippen LogP contribution is 2.29. The van der Waals surface area contributed by atoms with Crippen LogP contribution in [0, 0.1) is 0 Å². The normalized spacial score (nSPS) is 13.3. The second kappa shape index (κ2) is 9.08. The molecule has 0 bridgehead atoms. The number of aromatic nitrogens is 1. The first-order valence-electron chi connectivity index (χ1n) is 8.71. The topological polar surface area (TPSA) is 53.5 Å². The molecule has 0 amide bonds. The Kier molecular flexibility index (Phi) is 7.11. The van der Waals surface area contributed by atoms with Gasteiger partial charge < -0.3 is 0 Å². The first-order valence-corrected chi connectivity index (χ1v) is 10.1. The summed E-state index contributed by atoms with van der Waals surface area (Å²) in [6.45, 7) is 5.02. The molecule has 0 spiro atoms. The molecule has 1 atom stereocenters. The van der Waals surface area contributed by atoms with Crippen LogP contribution in [0.4, 0.5) is 0 Å². The molecule has 0 aliphatic heterocycles. The quantitative estimate of drug-likeness (QED) is 0.687. The van der Waals surface area contributed by atoms with E-state index in [4.69, 9.17) is 0 Å². The summed E-state index contributed by atoms with van der Waals surface area (Å²) in [7, 11) is -1.96. The Morgan fingerprint density at radius 1 is 0.960 bits per heavy atom.